The first kappa shape index (κ1) is 10.4. The van der Waals surface area contributed by atoms with Gasteiger partial charge >= 0.3 is 6.09 Å². The first-order valence-corrected chi connectivity index (χ1v) is 5.09. The van der Waals surface area contributed by atoms with Gasteiger partial charge in [-0.1, -0.05) is 20.8 Å². The molecule has 0 spiro atoms. The molecule has 0 aliphatic carbocycles. The Labute approximate surface area is 79.8 Å². The van der Waals surface area contributed by atoms with Crippen molar-refractivity contribution in [2.45, 2.75) is 52.2 Å². The Morgan fingerprint density at radius 3 is 2.85 bits per heavy atom. The molecule has 2 atom stereocenters. The second-order valence-electron chi connectivity index (χ2n) is 4.14. The highest BCUT2D eigenvalue weighted by molar-refractivity contribution is 5.68. The summed E-state index contributed by atoms with van der Waals surface area (Å²) in [4.78, 5) is 11.1. The summed E-state index contributed by atoms with van der Waals surface area (Å²) in [6, 6.07) is 0.310. The smallest absolute Gasteiger partial charge is 0.407 e. The van der Waals surface area contributed by atoms with Crippen LogP contribution < -0.4 is 5.32 Å². The van der Waals surface area contributed by atoms with Crippen molar-refractivity contribution in [2.24, 2.45) is 5.92 Å². The third-order valence-corrected chi connectivity index (χ3v) is 2.37. The normalized spacial score (nSPS) is 28.5. The lowest BCUT2D eigenvalue weighted by Gasteiger charge is -2.30. The summed E-state index contributed by atoms with van der Waals surface area (Å²) in [5, 5.41) is 2.81. The average molecular weight is 185 g/mol. The lowest BCUT2D eigenvalue weighted by atomic mass is 9.98. The van der Waals surface area contributed by atoms with Gasteiger partial charge in [0.15, 0.2) is 0 Å². The van der Waals surface area contributed by atoms with E-state index in [1.807, 2.05) is 0 Å². The summed E-state index contributed by atoms with van der Waals surface area (Å²) >= 11 is 0. The molecule has 1 aliphatic heterocycles. The Bertz CT molecular complexity index is 180. The van der Waals surface area contributed by atoms with E-state index in [-0.39, 0.29) is 12.2 Å². The number of amides is 1. The molecule has 1 heterocycles. The van der Waals surface area contributed by atoms with Crippen LogP contribution in [0.1, 0.15) is 40.0 Å². The summed E-state index contributed by atoms with van der Waals surface area (Å²) in [5.41, 5.74) is 0. The first-order chi connectivity index (χ1) is 6.11. The van der Waals surface area contributed by atoms with Gasteiger partial charge in [-0.25, -0.2) is 4.79 Å². The zero-order valence-electron chi connectivity index (χ0n) is 8.67. The monoisotopic (exact) mass is 185 g/mol. The number of alkyl carbamates (subject to hydrolysis) is 1. The third-order valence-electron chi connectivity index (χ3n) is 2.37. The van der Waals surface area contributed by atoms with Crippen molar-refractivity contribution in [3.63, 3.8) is 0 Å². The molecule has 1 rings (SSSR count). The van der Waals surface area contributed by atoms with Crippen molar-refractivity contribution in [1.82, 2.24) is 5.32 Å². The van der Waals surface area contributed by atoms with Crippen LogP contribution in [0.3, 0.4) is 0 Å². The Morgan fingerprint density at radius 2 is 2.31 bits per heavy atom. The molecular weight excluding hydrogens is 166 g/mol. The van der Waals surface area contributed by atoms with Gasteiger partial charge in [-0.3, -0.25) is 0 Å². The molecule has 1 aliphatic rings. The highest BCUT2D eigenvalue weighted by Gasteiger charge is 2.26. The number of nitrogens with one attached hydrogen (secondary N) is 1. The van der Waals surface area contributed by atoms with Crippen molar-refractivity contribution in [2.75, 3.05) is 0 Å². The molecule has 0 bridgehead atoms. The highest BCUT2D eigenvalue weighted by Crippen LogP contribution is 2.18. The minimum absolute atomic E-state index is 0.124. The first-order valence-electron chi connectivity index (χ1n) is 5.09. The lowest BCUT2D eigenvalue weighted by molar-refractivity contribution is 0.0471. The molecule has 1 saturated heterocycles. The molecule has 0 aromatic carbocycles. The standard InChI is InChI=1S/C10H19NO2/c1-4-8-6-9(5-7(2)3)13-10(12)11-8/h7-9H,4-6H2,1-3H3,(H,11,12). The Morgan fingerprint density at radius 1 is 1.62 bits per heavy atom. The maximum absolute atomic E-state index is 11.1. The van der Waals surface area contributed by atoms with Crippen molar-refractivity contribution < 1.29 is 9.53 Å². The van der Waals surface area contributed by atoms with Gasteiger partial charge in [-0.2, -0.15) is 0 Å². The zero-order chi connectivity index (χ0) is 9.84. The molecular formula is C10H19NO2. The Hall–Kier alpha value is -0.730. The van der Waals surface area contributed by atoms with Crippen LogP contribution in [0.15, 0.2) is 0 Å². The van der Waals surface area contributed by atoms with E-state index in [0.29, 0.717) is 12.0 Å². The Kier molecular flexibility index (Phi) is 3.58. The van der Waals surface area contributed by atoms with E-state index >= 15 is 0 Å². The predicted molar refractivity (Wildman–Crippen MR) is 51.6 cm³/mol. The van der Waals surface area contributed by atoms with Crippen molar-refractivity contribution >= 4 is 6.09 Å². The summed E-state index contributed by atoms with van der Waals surface area (Å²) in [6.07, 6.45) is 2.80. The minimum atomic E-state index is -0.247. The fraction of sp³-hybridized carbons (Fsp3) is 0.900. The molecule has 0 saturated carbocycles. The van der Waals surface area contributed by atoms with E-state index in [9.17, 15) is 4.79 Å². The van der Waals surface area contributed by atoms with Gasteiger partial charge in [0.25, 0.3) is 0 Å². The summed E-state index contributed by atoms with van der Waals surface area (Å²) in [5.74, 6) is 0.591. The molecule has 3 nitrogen and oxygen atoms in total. The van der Waals surface area contributed by atoms with Crippen LogP contribution in [0, 0.1) is 5.92 Å². The van der Waals surface area contributed by atoms with Gasteiger partial charge in [-0.15, -0.1) is 0 Å². The number of carbonyl (C=O) groups is 1. The van der Waals surface area contributed by atoms with Gasteiger partial charge in [0, 0.05) is 12.5 Å². The number of hydrogen-bond acceptors (Lipinski definition) is 2. The van der Waals surface area contributed by atoms with Crippen LogP contribution >= 0.6 is 0 Å². The van der Waals surface area contributed by atoms with E-state index in [2.05, 4.69) is 26.1 Å². The fourth-order valence-electron chi connectivity index (χ4n) is 1.72. The molecule has 1 amide bonds. The number of hydrogen-bond donors (Lipinski definition) is 1. The Balaban J connectivity index is 2.42. The van der Waals surface area contributed by atoms with Gasteiger partial charge in [0.05, 0.1) is 0 Å². The largest absolute Gasteiger partial charge is 0.446 e. The van der Waals surface area contributed by atoms with Gasteiger partial charge in [-0.05, 0) is 18.8 Å². The van der Waals surface area contributed by atoms with Gasteiger partial charge < -0.3 is 10.1 Å². The molecule has 3 heteroatoms. The zero-order valence-corrected chi connectivity index (χ0v) is 8.67. The molecule has 0 radical (unpaired) electrons. The predicted octanol–water partition coefficient (Wildman–Crippen LogP) is 2.31. The summed E-state index contributed by atoms with van der Waals surface area (Å²) in [6.45, 7) is 6.39. The minimum Gasteiger partial charge on any atom is -0.446 e. The molecule has 1 N–H and O–H groups in total. The SMILES string of the molecule is CCC1CC(CC(C)C)OC(=O)N1. The molecule has 2 unspecified atom stereocenters. The van der Waals surface area contributed by atoms with Crippen LogP contribution in [0.2, 0.25) is 0 Å². The number of rotatable bonds is 3. The van der Waals surface area contributed by atoms with Crippen LogP contribution in [-0.2, 0) is 4.74 Å². The van der Waals surface area contributed by atoms with E-state index in [4.69, 9.17) is 4.74 Å². The molecule has 0 aromatic rings. The van der Waals surface area contributed by atoms with E-state index in [1.54, 1.807) is 0 Å². The molecule has 13 heavy (non-hydrogen) atoms. The van der Waals surface area contributed by atoms with E-state index < -0.39 is 0 Å². The van der Waals surface area contributed by atoms with Crippen LogP contribution in [0.5, 0.6) is 0 Å². The third kappa shape index (κ3) is 3.25. The number of carbonyl (C=O) groups excluding carboxylic acids is 1. The van der Waals surface area contributed by atoms with Gasteiger partial charge in [0.1, 0.15) is 6.10 Å². The number of ether oxygens (including phenoxy) is 1. The summed E-state index contributed by atoms with van der Waals surface area (Å²) in [7, 11) is 0. The molecule has 76 valence electrons. The maximum Gasteiger partial charge on any atom is 0.407 e. The maximum atomic E-state index is 11.1. The van der Waals surface area contributed by atoms with Crippen molar-refractivity contribution in [1.29, 1.82) is 0 Å². The topological polar surface area (TPSA) is 38.3 Å². The fourth-order valence-corrected chi connectivity index (χ4v) is 1.72. The van der Waals surface area contributed by atoms with Crippen LogP contribution in [0.25, 0.3) is 0 Å². The molecule has 1 fully saturated rings. The quantitative estimate of drug-likeness (QED) is 0.732. The van der Waals surface area contributed by atoms with E-state index in [1.165, 1.54) is 0 Å². The average Bonchev–Trinajstić information content (AvgIpc) is 2.01. The van der Waals surface area contributed by atoms with Crippen LogP contribution in [-0.4, -0.2) is 18.2 Å². The van der Waals surface area contributed by atoms with Gasteiger partial charge in [0.2, 0.25) is 0 Å². The lowest BCUT2D eigenvalue weighted by Crippen LogP contribution is -2.45. The van der Waals surface area contributed by atoms with Crippen molar-refractivity contribution in [3.8, 4) is 0 Å². The molecule has 0 aromatic heterocycles. The second-order valence-corrected chi connectivity index (χ2v) is 4.14. The number of cyclic esters (lactones) is 1. The van der Waals surface area contributed by atoms with Crippen molar-refractivity contribution in [3.05, 3.63) is 0 Å². The van der Waals surface area contributed by atoms with Crippen LogP contribution in [0.4, 0.5) is 4.79 Å². The highest BCUT2D eigenvalue weighted by atomic mass is 16.6. The second kappa shape index (κ2) is 4.49. The summed E-state index contributed by atoms with van der Waals surface area (Å²) < 4.78 is 5.18. The van der Waals surface area contributed by atoms with E-state index in [0.717, 1.165) is 19.3 Å².